The van der Waals surface area contributed by atoms with E-state index >= 15 is 0 Å². The molecule has 1 aromatic heterocycles. The van der Waals surface area contributed by atoms with E-state index in [2.05, 4.69) is 12.2 Å². The number of amides is 1. The van der Waals surface area contributed by atoms with E-state index in [1.54, 1.807) is 23.5 Å². The maximum atomic E-state index is 12.5. The van der Waals surface area contributed by atoms with E-state index < -0.39 is 10.0 Å². The van der Waals surface area contributed by atoms with Gasteiger partial charge in [0.1, 0.15) is 0 Å². The monoisotopic (exact) mass is 350 g/mol. The summed E-state index contributed by atoms with van der Waals surface area (Å²) in [7, 11) is -3.72. The van der Waals surface area contributed by atoms with Crippen molar-refractivity contribution in [2.24, 2.45) is 11.1 Å². The van der Waals surface area contributed by atoms with E-state index in [9.17, 15) is 13.2 Å². The zero-order chi connectivity index (χ0) is 16.6. The van der Waals surface area contributed by atoms with Crippen LogP contribution in [0.25, 0.3) is 0 Å². The normalized spacial score (nSPS) is 17.6. The highest BCUT2D eigenvalue weighted by atomic mass is 32.2. The van der Waals surface area contributed by atoms with Gasteiger partial charge in [-0.3, -0.25) is 4.79 Å². The summed E-state index contributed by atoms with van der Waals surface area (Å²) < 4.78 is 22.5. The number of nitrogens with one attached hydrogen (secondary N) is 1. The first-order valence-corrected chi connectivity index (χ1v) is 9.80. The third kappa shape index (κ3) is 3.46. The second-order valence-electron chi connectivity index (χ2n) is 5.92. The van der Waals surface area contributed by atoms with Gasteiger partial charge in [0.25, 0.3) is 5.91 Å². The molecule has 0 saturated carbocycles. The van der Waals surface area contributed by atoms with Gasteiger partial charge in [-0.1, -0.05) is 6.92 Å². The summed E-state index contributed by atoms with van der Waals surface area (Å²) in [6.07, 6.45) is 3.08. The predicted octanol–water partition coefficient (Wildman–Crippen LogP) is 2.77. The topological polar surface area (TPSA) is 89.3 Å². The van der Waals surface area contributed by atoms with Crippen molar-refractivity contribution in [3.63, 3.8) is 0 Å². The Labute approximate surface area is 139 Å². The van der Waals surface area contributed by atoms with E-state index in [4.69, 9.17) is 5.14 Å². The Morgan fingerprint density at radius 3 is 2.65 bits per heavy atom. The maximum absolute atomic E-state index is 12.5. The van der Waals surface area contributed by atoms with E-state index in [0.29, 0.717) is 11.6 Å². The number of nitrogens with two attached hydrogens (primary N) is 1. The van der Waals surface area contributed by atoms with Crippen molar-refractivity contribution in [1.29, 1.82) is 0 Å². The zero-order valence-corrected chi connectivity index (χ0v) is 14.3. The lowest BCUT2D eigenvalue weighted by atomic mass is 9.88. The SMILES string of the molecule is C[C@@H]1CCc2c(C(=O)Nc3ccc(S(N)(=O)=O)cc3)csc2C1. The molecule has 0 bridgehead atoms. The first-order valence-electron chi connectivity index (χ1n) is 7.38. The summed E-state index contributed by atoms with van der Waals surface area (Å²) in [5.41, 5.74) is 2.44. The number of anilines is 1. The molecule has 1 aromatic carbocycles. The van der Waals surface area contributed by atoms with E-state index in [0.717, 1.165) is 30.4 Å². The molecule has 3 rings (SSSR count). The third-order valence-electron chi connectivity index (χ3n) is 4.09. The summed E-state index contributed by atoms with van der Waals surface area (Å²) >= 11 is 1.64. The minimum absolute atomic E-state index is 0.0254. The molecule has 0 spiro atoms. The quantitative estimate of drug-likeness (QED) is 0.892. The summed E-state index contributed by atoms with van der Waals surface area (Å²) in [4.78, 5) is 13.8. The van der Waals surface area contributed by atoms with Crippen LogP contribution in [0.15, 0.2) is 34.5 Å². The Morgan fingerprint density at radius 2 is 2.00 bits per heavy atom. The Bertz CT molecular complexity index is 839. The Balaban J connectivity index is 1.78. The van der Waals surface area contributed by atoms with Crippen LogP contribution in [-0.2, 0) is 22.9 Å². The van der Waals surface area contributed by atoms with Gasteiger partial charge in [0.15, 0.2) is 0 Å². The molecule has 1 heterocycles. The lowest BCUT2D eigenvalue weighted by Crippen LogP contribution is -2.16. The van der Waals surface area contributed by atoms with Crippen LogP contribution >= 0.6 is 11.3 Å². The highest BCUT2D eigenvalue weighted by Crippen LogP contribution is 2.33. The summed E-state index contributed by atoms with van der Waals surface area (Å²) in [5, 5.41) is 9.79. The fourth-order valence-corrected chi connectivity index (χ4v) is 4.55. The number of carbonyl (C=O) groups excluding carboxylic acids is 1. The average molecular weight is 350 g/mol. The highest BCUT2D eigenvalue weighted by Gasteiger charge is 2.23. The molecule has 2 aromatic rings. The van der Waals surface area contributed by atoms with Crippen LogP contribution in [0.3, 0.4) is 0 Å². The van der Waals surface area contributed by atoms with Crippen LogP contribution in [0.4, 0.5) is 5.69 Å². The molecule has 0 unspecified atom stereocenters. The van der Waals surface area contributed by atoms with Crippen molar-refractivity contribution in [3.8, 4) is 0 Å². The Hall–Kier alpha value is -1.70. The second kappa shape index (κ2) is 6.07. The van der Waals surface area contributed by atoms with Crippen molar-refractivity contribution < 1.29 is 13.2 Å². The largest absolute Gasteiger partial charge is 0.322 e. The van der Waals surface area contributed by atoms with Crippen molar-refractivity contribution >= 4 is 33.0 Å². The van der Waals surface area contributed by atoms with Gasteiger partial charge in [0.05, 0.1) is 10.5 Å². The summed E-state index contributed by atoms with van der Waals surface area (Å²) in [6.45, 7) is 2.23. The van der Waals surface area contributed by atoms with E-state index in [-0.39, 0.29) is 10.8 Å². The standard InChI is InChI=1S/C16H18N2O3S2/c1-10-2-7-13-14(9-22-15(13)8-10)16(19)18-11-3-5-12(6-4-11)23(17,20)21/h3-6,9-10H,2,7-8H2,1H3,(H,18,19)(H2,17,20,21)/t10-/m1/s1. The second-order valence-corrected chi connectivity index (χ2v) is 8.45. The predicted molar refractivity (Wildman–Crippen MR) is 91.3 cm³/mol. The van der Waals surface area contributed by atoms with Crippen molar-refractivity contribution in [2.75, 3.05) is 5.32 Å². The van der Waals surface area contributed by atoms with Crippen molar-refractivity contribution in [2.45, 2.75) is 31.1 Å². The molecule has 1 amide bonds. The molecule has 0 aliphatic heterocycles. The molecule has 0 saturated heterocycles. The molecule has 0 radical (unpaired) electrons. The van der Waals surface area contributed by atoms with Gasteiger partial charge in [0.2, 0.25) is 10.0 Å². The number of fused-ring (bicyclic) bond motifs is 1. The van der Waals surface area contributed by atoms with Crippen molar-refractivity contribution in [1.82, 2.24) is 0 Å². The summed E-state index contributed by atoms with van der Waals surface area (Å²) in [6, 6.07) is 5.85. The van der Waals surface area contributed by atoms with Gasteiger partial charge in [-0.25, -0.2) is 13.6 Å². The molecule has 0 fully saturated rings. The third-order valence-corrected chi connectivity index (χ3v) is 6.07. The van der Waals surface area contributed by atoms with Crippen LogP contribution in [0.1, 0.15) is 34.1 Å². The van der Waals surface area contributed by atoms with Gasteiger partial charge in [-0.2, -0.15) is 0 Å². The number of primary sulfonamides is 1. The van der Waals surface area contributed by atoms with Gasteiger partial charge >= 0.3 is 0 Å². The zero-order valence-electron chi connectivity index (χ0n) is 12.7. The first-order chi connectivity index (χ1) is 10.8. The van der Waals surface area contributed by atoms with Gasteiger partial charge in [-0.05, 0) is 55.0 Å². The minimum Gasteiger partial charge on any atom is -0.322 e. The van der Waals surface area contributed by atoms with Gasteiger partial charge in [0, 0.05) is 15.9 Å². The molecule has 1 aliphatic rings. The maximum Gasteiger partial charge on any atom is 0.256 e. The number of rotatable bonds is 3. The van der Waals surface area contributed by atoms with Crippen LogP contribution in [0.5, 0.6) is 0 Å². The highest BCUT2D eigenvalue weighted by molar-refractivity contribution is 7.89. The van der Waals surface area contributed by atoms with E-state index in [1.165, 1.54) is 17.0 Å². The molecule has 5 nitrogen and oxygen atoms in total. The molecule has 3 N–H and O–H groups in total. The van der Waals surface area contributed by atoms with Crippen LogP contribution < -0.4 is 10.5 Å². The van der Waals surface area contributed by atoms with Gasteiger partial charge in [-0.15, -0.1) is 11.3 Å². The molecular formula is C16H18N2O3S2. The lowest BCUT2D eigenvalue weighted by molar-refractivity contribution is 0.102. The molecule has 1 aliphatic carbocycles. The minimum atomic E-state index is -3.72. The molecule has 7 heteroatoms. The van der Waals surface area contributed by atoms with Crippen LogP contribution in [-0.4, -0.2) is 14.3 Å². The summed E-state index contributed by atoms with van der Waals surface area (Å²) in [5.74, 6) is 0.517. The lowest BCUT2D eigenvalue weighted by Gasteiger charge is -2.18. The van der Waals surface area contributed by atoms with E-state index in [1.807, 2.05) is 5.38 Å². The average Bonchev–Trinajstić information content (AvgIpc) is 2.89. The first kappa shape index (κ1) is 16.2. The van der Waals surface area contributed by atoms with Crippen LogP contribution in [0.2, 0.25) is 0 Å². The molecule has 122 valence electrons. The Morgan fingerprint density at radius 1 is 1.30 bits per heavy atom. The number of hydrogen-bond donors (Lipinski definition) is 2. The fourth-order valence-electron chi connectivity index (χ4n) is 2.79. The molecule has 1 atom stereocenters. The van der Waals surface area contributed by atoms with Gasteiger partial charge < -0.3 is 5.32 Å². The number of thiophene rings is 1. The Kier molecular flexibility index (Phi) is 4.27. The molecular weight excluding hydrogens is 332 g/mol. The number of hydrogen-bond acceptors (Lipinski definition) is 4. The molecule has 23 heavy (non-hydrogen) atoms. The van der Waals surface area contributed by atoms with Crippen molar-refractivity contribution in [3.05, 3.63) is 45.6 Å². The number of sulfonamides is 1. The fraction of sp³-hybridized carbons (Fsp3) is 0.312. The van der Waals surface area contributed by atoms with Crippen LogP contribution in [0, 0.1) is 5.92 Å². The number of benzene rings is 1. The smallest absolute Gasteiger partial charge is 0.256 e. The number of carbonyl (C=O) groups is 1.